The van der Waals surface area contributed by atoms with E-state index in [4.69, 9.17) is 9.16 Å². The number of alkyl carbamates (subject to hydrolysis) is 1. The summed E-state index contributed by atoms with van der Waals surface area (Å²) in [5.41, 5.74) is -0.900. The first-order valence-electron chi connectivity index (χ1n) is 11.9. The average molecular weight is 529 g/mol. The number of hydrogen-bond donors (Lipinski definition) is 2. The van der Waals surface area contributed by atoms with Crippen molar-refractivity contribution in [2.45, 2.75) is 71.7 Å². The van der Waals surface area contributed by atoms with Gasteiger partial charge in [-0.05, 0) is 56.6 Å². The molecule has 0 bridgehead atoms. The van der Waals surface area contributed by atoms with Crippen LogP contribution < -0.4 is 9.74 Å². The summed E-state index contributed by atoms with van der Waals surface area (Å²) in [6, 6.07) is 13.2. The Morgan fingerprint density at radius 2 is 1.62 bits per heavy atom. The number of rotatable bonds is 8. The lowest BCUT2D eigenvalue weighted by Crippen LogP contribution is -2.43. The molecule has 0 heterocycles. The molecule has 9 nitrogen and oxygen atoms in total. The Balaban J connectivity index is 2.78. The van der Waals surface area contributed by atoms with Crippen molar-refractivity contribution < 1.29 is 28.8 Å². The van der Waals surface area contributed by atoms with E-state index in [1.54, 1.807) is 51.1 Å². The van der Waals surface area contributed by atoms with Gasteiger partial charge in [-0.2, -0.15) is 0 Å². The summed E-state index contributed by atoms with van der Waals surface area (Å²) in [6.45, 7) is 15.2. The molecular formula is C27H36N2O7Si. The number of nitrogens with zero attached hydrogens (tertiary/aromatic N) is 1. The van der Waals surface area contributed by atoms with Crippen LogP contribution in [0.1, 0.15) is 52.7 Å². The third-order valence-corrected chi connectivity index (χ3v) is 10.4. The van der Waals surface area contributed by atoms with E-state index in [1.807, 2.05) is 13.1 Å². The van der Waals surface area contributed by atoms with E-state index in [9.17, 15) is 24.8 Å². The normalized spacial score (nSPS) is 12.9. The van der Waals surface area contributed by atoms with Crippen LogP contribution >= 0.6 is 0 Å². The van der Waals surface area contributed by atoms with Gasteiger partial charge < -0.3 is 14.3 Å². The molecule has 0 atom stereocenters. The highest BCUT2D eigenvalue weighted by Crippen LogP contribution is 2.40. The zero-order chi connectivity index (χ0) is 28.2. The molecule has 2 aromatic carbocycles. The lowest BCUT2D eigenvalue weighted by molar-refractivity contribution is -0.385. The highest BCUT2D eigenvalue weighted by atomic mass is 28.4. The predicted octanol–water partition coefficient (Wildman–Crippen LogP) is 6.54. The molecule has 0 saturated carbocycles. The Morgan fingerprint density at radius 1 is 1.03 bits per heavy atom. The first-order valence-corrected chi connectivity index (χ1v) is 14.8. The summed E-state index contributed by atoms with van der Waals surface area (Å²) in [7, 11) is -2.32. The molecule has 0 radical (unpaired) electrons. The number of nitro groups is 1. The van der Waals surface area contributed by atoms with Gasteiger partial charge in [-0.15, -0.1) is 0 Å². The van der Waals surface area contributed by atoms with Crippen molar-refractivity contribution in [2.75, 3.05) is 0 Å². The second-order valence-corrected chi connectivity index (χ2v) is 16.0. The van der Waals surface area contributed by atoms with E-state index in [-0.39, 0.29) is 28.3 Å². The van der Waals surface area contributed by atoms with Gasteiger partial charge in [0.1, 0.15) is 17.0 Å². The second-order valence-electron chi connectivity index (χ2n) is 11.2. The van der Waals surface area contributed by atoms with Crippen LogP contribution in [0.25, 0.3) is 5.57 Å². The van der Waals surface area contributed by atoms with Crippen LogP contribution in [0.2, 0.25) is 18.1 Å². The fraction of sp³-hybridized carbons (Fsp3) is 0.407. The molecule has 0 spiro atoms. The Morgan fingerprint density at radius 3 is 2.11 bits per heavy atom. The van der Waals surface area contributed by atoms with Gasteiger partial charge >= 0.3 is 12.1 Å². The van der Waals surface area contributed by atoms with Crippen molar-refractivity contribution >= 4 is 31.6 Å². The summed E-state index contributed by atoms with van der Waals surface area (Å²) in [4.78, 5) is 36.4. The van der Waals surface area contributed by atoms with Crippen LogP contribution in [0.5, 0.6) is 5.75 Å². The number of carboxylic acids is 1. The van der Waals surface area contributed by atoms with E-state index >= 15 is 0 Å². The molecular weight excluding hydrogens is 492 g/mol. The fourth-order valence-corrected chi connectivity index (χ4v) is 4.23. The fourth-order valence-electron chi connectivity index (χ4n) is 3.21. The van der Waals surface area contributed by atoms with Gasteiger partial charge in [0.15, 0.2) is 0 Å². The minimum Gasteiger partial charge on any atom is -0.543 e. The number of benzene rings is 2. The number of amides is 1. The average Bonchev–Trinajstić information content (AvgIpc) is 2.74. The van der Waals surface area contributed by atoms with Gasteiger partial charge in [-0.1, -0.05) is 51.1 Å². The van der Waals surface area contributed by atoms with Gasteiger partial charge in [0.25, 0.3) is 5.69 Å². The first-order chi connectivity index (χ1) is 16.9. The largest absolute Gasteiger partial charge is 0.543 e. The van der Waals surface area contributed by atoms with Crippen LogP contribution in [0, 0.1) is 10.1 Å². The van der Waals surface area contributed by atoms with E-state index in [0.29, 0.717) is 11.3 Å². The Kier molecular flexibility index (Phi) is 8.92. The quantitative estimate of drug-likeness (QED) is 0.172. The number of hydrogen-bond acceptors (Lipinski definition) is 6. The minimum atomic E-state index is -2.32. The smallest absolute Gasteiger partial charge is 0.412 e. The minimum absolute atomic E-state index is 0.00264. The molecule has 0 aliphatic carbocycles. The number of carbonyl (C=O) groups is 2. The van der Waals surface area contributed by atoms with Crippen molar-refractivity contribution in [3.63, 3.8) is 0 Å². The number of carbonyl (C=O) groups excluding carboxylic acids is 1. The molecule has 10 heteroatoms. The number of aliphatic carboxylic acids is 1. The van der Waals surface area contributed by atoms with Crippen LogP contribution in [-0.4, -0.2) is 36.0 Å². The third kappa shape index (κ3) is 8.17. The van der Waals surface area contributed by atoms with Crippen molar-refractivity contribution in [1.82, 2.24) is 5.32 Å². The summed E-state index contributed by atoms with van der Waals surface area (Å²) in [6.07, 6.45) is -0.977. The van der Waals surface area contributed by atoms with Crippen LogP contribution in [0.3, 0.4) is 0 Å². The van der Waals surface area contributed by atoms with Gasteiger partial charge in [-0.3, -0.25) is 15.4 Å². The number of nitrogens with one attached hydrogen (secondary N) is 1. The zero-order valence-electron chi connectivity index (χ0n) is 22.7. The molecule has 0 saturated heterocycles. The summed E-state index contributed by atoms with van der Waals surface area (Å²) < 4.78 is 11.6. The molecule has 0 fully saturated rings. The highest BCUT2D eigenvalue weighted by Gasteiger charge is 2.39. The maximum atomic E-state index is 12.6. The highest BCUT2D eigenvalue weighted by molar-refractivity contribution is 6.74. The summed E-state index contributed by atoms with van der Waals surface area (Å²) >= 11 is 0. The number of ether oxygens (including phenoxy) is 1. The lowest BCUT2D eigenvalue weighted by Gasteiger charge is -2.36. The molecule has 2 rings (SSSR count). The standard InChI is InChI=1S/C27H36N2O7Si/c1-26(2,3)35-25(32)28-23(24(30)31)21(16-18-12-10-9-11-13-18)20-17-19(14-15-22(20)29(33)34)36-37(7,8)27(4,5)6/h9-15,17H,16H2,1-8H3,(H,28,32)(H,30,31). The molecule has 2 aromatic rings. The van der Waals surface area contributed by atoms with Gasteiger partial charge in [0.05, 0.1) is 10.5 Å². The third-order valence-electron chi connectivity index (χ3n) is 6.03. The Bertz CT molecular complexity index is 1190. The Labute approximate surface area is 218 Å². The predicted molar refractivity (Wildman–Crippen MR) is 145 cm³/mol. The van der Waals surface area contributed by atoms with Crippen molar-refractivity contribution in [3.8, 4) is 5.75 Å². The van der Waals surface area contributed by atoms with Crippen molar-refractivity contribution in [3.05, 3.63) is 75.5 Å². The maximum absolute atomic E-state index is 12.6. The molecule has 0 aliphatic heterocycles. The van der Waals surface area contributed by atoms with Crippen molar-refractivity contribution in [2.24, 2.45) is 0 Å². The topological polar surface area (TPSA) is 128 Å². The monoisotopic (exact) mass is 528 g/mol. The molecule has 2 N–H and O–H groups in total. The van der Waals surface area contributed by atoms with Crippen molar-refractivity contribution in [1.29, 1.82) is 0 Å². The van der Waals surface area contributed by atoms with Gasteiger partial charge in [0.2, 0.25) is 8.32 Å². The zero-order valence-corrected chi connectivity index (χ0v) is 23.7. The molecule has 0 aromatic heterocycles. The molecule has 200 valence electrons. The van der Waals surface area contributed by atoms with E-state index in [2.05, 4.69) is 26.1 Å². The second kappa shape index (κ2) is 11.2. The Hall–Kier alpha value is -3.66. The molecule has 37 heavy (non-hydrogen) atoms. The van der Waals surface area contributed by atoms with Gasteiger partial charge in [0, 0.05) is 18.1 Å². The lowest BCUT2D eigenvalue weighted by atomic mass is 9.94. The van der Waals surface area contributed by atoms with Crippen LogP contribution in [-0.2, 0) is 16.0 Å². The number of nitro benzene ring substituents is 1. The van der Waals surface area contributed by atoms with E-state index in [1.165, 1.54) is 18.2 Å². The van der Waals surface area contributed by atoms with E-state index < -0.39 is 36.6 Å². The number of carboxylic acid groups (broad SMARTS) is 1. The maximum Gasteiger partial charge on any atom is 0.412 e. The first kappa shape index (κ1) is 29.6. The van der Waals surface area contributed by atoms with Crippen LogP contribution in [0.15, 0.2) is 54.2 Å². The SMILES string of the molecule is CC(C)(C)OC(=O)NC(C(=O)O)=C(Cc1ccccc1)c1cc(O[Si](C)(C)C(C)(C)C)ccc1[N+](=O)[O-]. The molecule has 0 unspecified atom stereocenters. The summed E-state index contributed by atoms with van der Waals surface area (Å²) in [5.74, 6) is -1.07. The van der Waals surface area contributed by atoms with E-state index in [0.717, 1.165) is 0 Å². The van der Waals surface area contributed by atoms with Gasteiger partial charge in [-0.25, -0.2) is 9.59 Å². The molecule has 1 amide bonds. The molecule has 0 aliphatic rings. The van der Waals surface area contributed by atoms with Crippen LogP contribution in [0.4, 0.5) is 10.5 Å². The number of allylic oxidation sites excluding steroid dienone is 1. The summed E-state index contributed by atoms with van der Waals surface area (Å²) in [5, 5.41) is 24.3.